The summed E-state index contributed by atoms with van der Waals surface area (Å²) in [6.07, 6.45) is 6.32. The molecule has 6 nitrogen and oxygen atoms in total. The Bertz CT molecular complexity index is 682. The Labute approximate surface area is 138 Å². The van der Waals surface area contributed by atoms with Gasteiger partial charge in [0, 0.05) is 32.9 Å². The summed E-state index contributed by atoms with van der Waals surface area (Å²) in [6, 6.07) is 2.64. The molecule has 1 aromatic rings. The van der Waals surface area contributed by atoms with E-state index < -0.39 is 10.0 Å². The lowest BCUT2D eigenvalue weighted by Gasteiger charge is -2.28. The van der Waals surface area contributed by atoms with Gasteiger partial charge in [0.15, 0.2) is 0 Å². The summed E-state index contributed by atoms with van der Waals surface area (Å²) in [4.78, 5) is 12.0. The number of hydrogen-bond donors (Lipinski definition) is 0. The van der Waals surface area contributed by atoms with E-state index in [0.717, 1.165) is 10.7 Å². The molecular formula is C16H26N2O4S. The van der Waals surface area contributed by atoms with Gasteiger partial charge in [0.2, 0.25) is 10.0 Å². The van der Waals surface area contributed by atoms with E-state index >= 15 is 0 Å². The Kier molecular flexibility index (Phi) is 6.00. The molecule has 0 N–H and O–H groups in total. The number of aromatic nitrogens is 1. The third-order valence-corrected chi connectivity index (χ3v) is 6.23. The first-order valence-corrected chi connectivity index (χ1v) is 9.51. The van der Waals surface area contributed by atoms with E-state index in [1.807, 2.05) is 0 Å². The van der Waals surface area contributed by atoms with Crippen LogP contribution in [0.3, 0.4) is 0 Å². The van der Waals surface area contributed by atoms with Crippen LogP contribution in [0.5, 0.6) is 0 Å². The van der Waals surface area contributed by atoms with Gasteiger partial charge in [-0.1, -0.05) is 19.8 Å². The minimum absolute atomic E-state index is 0.119. The van der Waals surface area contributed by atoms with Gasteiger partial charge in [-0.05, 0) is 24.8 Å². The van der Waals surface area contributed by atoms with Crippen molar-refractivity contribution in [1.29, 1.82) is 0 Å². The van der Waals surface area contributed by atoms with Crippen molar-refractivity contribution in [3.63, 3.8) is 0 Å². The van der Waals surface area contributed by atoms with Gasteiger partial charge in [-0.15, -0.1) is 0 Å². The largest absolute Gasteiger partial charge is 0.376 e. The van der Waals surface area contributed by atoms with E-state index in [0.29, 0.717) is 19.1 Å². The minimum Gasteiger partial charge on any atom is -0.376 e. The minimum atomic E-state index is -3.54. The average molecular weight is 342 g/mol. The van der Waals surface area contributed by atoms with Crippen molar-refractivity contribution >= 4 is 10.0 Å². The lowest BCUT2D eigenvalue weighted by molar-refractivity contribution is -0.00868. The molecule has 1 aromatic heterocycles. The first-order chi connectivity index (χ1) is 10.8. The van der Waals surface area contributed by atoms with Crippen molar-refractivity contribution in [2.24, 2.45) is 5.92 Å². The van der Waals surface area contributed by atoms with E-state index in [1.54, 1.807) is 0 Å². The second-order valence-electron chi connectivity index (χ2n) is 6.35. The first-order valence-electron chi connectivity index (χ1n) is 8.07. The Balaban J connectivity index is 2.04. The molecule has 1 heterocycles. The van der Waals surface area contributed by atoms with E-state index in [-0.39, 0.29) is 16.6 Å². The number of hydrogen-bond acceptors (Lipinski definition) is 4. The third-order valence-electron chi connectivity index (χ3n) is 4.43. The second kappa shape index (κ2) is 7.59. The maximum absolute atomic E-state index is 12.1. The maximum atomic E-state index is 12.1. The summed E-state index contributed by atoms with van der Waals surface area (Å²) < 4.78 is 32.7. The smallest absolute Gasteiger partial charge is 0.250 e. The summed E-state index contributed by atoms with van der Waals surface area (Å²) in [6.45, 7) is 2.97. The number of pyridine rings is 1. The van der Waals surface area contributed by atoms with Gasteiger partial charge in [0.25, 0.3) is 5.56 Å². The fourth-order valence-corrected chi connectivity index (χ4v) is 3.80. The summed E-state index contributed by atoms with van der Waals surface area (Å²) in [5.74, 6) is 0.543. The van der Waals surface area contributed by atoms with Crippen LogP contribution in [0.2, 0.25) is 0 Å². The van der Waals surface area contributed by atoms with Gasteiger partial charge < -0.3 is 9.30 Å². The molecule has 0 radical (unpaired) electrons. The quantitative estimate of drug-likeness (QED) is 0.789. The van der Waals surface area contributed by atoms with Gasteiger partial charge in [0.05, 0.1) is 17.6 Å². The highest BCUT2D eigenvalue weighted by Gasteiger charge is 2.22. The summed E-state index contributed by atoms with van der Waals surface area (Å²) >= 11 is 0. The molecule has 0 aliphatic heterocycles. The molecule has 2 rings (SSSR count). The SMILES string of the molecule is C[C@@H]1CCCC[C@H]1OCCn1cc(S(=O)(=O)N(C)C)ccc1=O. The molecule has 23 heavy (non-hydrogen) atoms. The Morgan fingerprint density at radius 2 is 1.96 bits per heavy atom. The fraction of sp³-hybridized carbons (Fsp3) is 0.688. The molecule has 2 atom stereocenters. The van der Waals surface area contributed by atoms with E-state index in [4.69, 9.17) is 4.74 Å². The summed E-state index contributed by atoms with van der Waals surface area (Å²) in [5.41, 5.74) is -0.219. The van der Waals surface area contributed by atoms with Crippen LogP contribution in [0.1, 0.15) is 32.6 Å². The third kappa shape index (κ3) is 4.43. The molecule has 1 aliphatic carbocycles. The average Bonchev–Trinajstić information content (AvgIpc) is 2.50. The van der Waals surface area contributed by atoms with Crippen molar-refractivity contribution in [2.45, 2.75) is 50.2 Å². The van der Waals surface area contributed by atoms with Crippen LogP contribution in [0.4, 0.5) is 0 Å². The molecule has 7 heteroatoms. The van der Waals surface area contributed by atoms with Gasteiger partial charge in [-0.3, -0.25) is 4.79 Å². The molecule has 0 bridgehead atoms. The van der Waals surface area contributed by atoms with Crippen LogP contribution in [0.15, 0.2) is 28.0 Å². The zero-order valence-electron chi connectivity index (χ0n) is 14.1. The van der Waals surface area contributed by atoms with Crippen LogP contribution < -0.4 is 5.56 Å². The van der Waals surface area contributed by atoms with Crippen LogP contribution >= 0.6 is 0 Å². The molecule has 1 fully saturated rings. The van der Waals surface area contributed by atoms with Crippen LogP contribution in [-0.2, 0) is 21.3 Å². The van der Waals surface area contributed by atoms with Gasteiger partial charge in [-0.25, -0.2) is 12.7 Å². The second-order valence-corrected chi connectivity index (χ2v) is 8.51. The topological polar surface area (TPSA) is 68.6 Å². The molecular weight excluding hydrogens is 316 g/mol. The monoisotopic (exact) mass is 342 g/mol. The van der Waals surface area contributed by atoms with Crippen LogP contribution in [0, 0.1) is 5.92 Å². The summed E-state index contributed by atoms with van der Waals surface area (Å²) in [7, 11) is -0.596. The molecule has 1 saturated carbocycles. The highest BCUT2D eigenvalue weighted by Crippen LogP contribution is 2.26. The predicted octanol–water partition coefficient (Wildman–Crippen LogP) is 1.69. The van der Waals surface area contributed by atoms with E-state index in [9.17, 15) is 13.2 Å². The van der Waals surface area contributed by atoms with Gasteiger partial charge in [-0.2, -0.15) is 0 Å². The summed E-state index contributed by atoms with van der Waals surface area (Å²) in [5, 5.41) is 0. The van der Waals surface area contributed by atoms with Crippen molar-refractivity contribution in [1.82, 2.24) is 8.87 Å². The Morgan fingerprint density at radius 3 is 2.61 bits per heavy atom. The van der Waals surface area contributed by atoms with Gasteiger partial charge >= 0.3 is 0 Å². The van der Waals surface area contributed by atoms with Crippen molar-refractivity contribution in [3.8, 4) is 0 Å². The van der Waals surface area contributed by atoms with E-state index in [2.05, 4.69) is 6.92 Å². The highest BCUT2D eigenvalue weighted by atomic mass is 32.2. The normalized spacial score (nSPS) is 22.4. The number of rotatable bonds is 6. The zero-order valence-corrected chi connectivity index (χ0v) is 14.9. The molecule has 130 valence electrons. The van der Waals surface area contributed by atoms with E-state index in [1.165, 1.54) is 56.3 Å². The maximum Gasteiger partial charge on any atom is 0.250 e. The molecule has 1 aliphatic rings. The van der Waals surface area contributed by atoms with Crippen molar-refractivity contribution < 1.29 is 13.2 Å². The lowest BCUT2D eigenvalue weighted by Crippen LogP contribution is -2.29. The molecule has 0 spiro atoms. The molecule has 0 saturated heterocycles. The predicted molar refractivity (Wildman–Crippen MR) is 88.9 cm³/mol. The zero-order chi connectivity index (χ0) is 17.0. The first kappa shape index (κ1) is 18.2. The number of sulfonamides is 1. The Morgan fingerprint density at radius 1 is 1.26 bits per heavy atom. The van der Waals surface area contributed by atoms with Gasteiger partial charge in [0.1, 0.15) is 0 Å². The molecule has 0 amide bonds. The standard InChI is InChI=1S/C16H26N2O4S/c1-13-6-4-5-7-15(13)22-11-10-18-12-14(8-9-16(18)19)23(20,21)17(2)3/h8-9,12-13,15H,4-7,10-11H2,1-3H3/t13-,15-/m1/s1. The lowest BCUT2D eigenvalue weighted by atomic mass is 9.88. The fourth-order valence-electron chi connectivity index (χ4n) is 2.88. The highest BCUT2D eigenvalue weighted by molar-refractivity contribution is 7.89. The van der Waals surface area contributed by atoms with Crippen molar-refractivity contribution in [3.05, 3.63) is 28.7 Å². The molecule has 0 unspecified atom stereocenters. The number of nitrogens with zero attached hydrogens (tertiary/aromatic N) is 2. The molecule has 0 aromatic carbocycles. The Hall–Kier alpha value is -1.18. The van der Waals surface area contributed by atoms with Crippen LogP contribution in [0.25, 0.3) is 0 Å². The van der Waals surface area contributed by atoms with Crippen LogP contribution in [-0.4, -0.2) is 44.1 Å². The van der Waals surface area contributed by atoms with Crippen molar-refractivity contribution in [2.75, 3.05) is 20.7 Å². The number of ether oxygens (including phenoxy) is 1.